The van der Waals surface area contributed by atoms with Gasteiger partial charge in [0, 0.05) is 44.0 Å². The molecule has 0 unspecified atom stereocenters. The van der Waals surface area contributed by atoms with Gasteiger partial charge in [-0.25, -0.2) is 19.9 Å². The number of fused-ring (bicyclic) bond motifs is 6. The Morgan fingerprint density at radius 2 is 0.863 bits per heavy atom. The monoisotopic (exact) mass is 652 g/mol. The first-order chi connectivity index (χ1) is 25.3. The lowest BCUT2D eigenvalue weighted by molar-refractivity contribution is 0.669. The van der Waals surface area contributed by atoms with Crippen molar-refractivity contribution in [3.05, 3.63) is 170 Å². The van der Waals surface area contributed by atoms with Crippen LogP contribution in [0.5, 0.6) is 0 Å². The van der Waals surface area contributed by atoms with Crippen LogP contribution in [-0.2, 0) is 0 Å². The number of furan rings is 1. The smallest absolute Gasteiger partial charge is 0.164 e. The minimum absolute atomic E-state index is 0.620. The van der Waals surface area contributed by atoms with Crippen molar-refractivity contribution >= 4 is 43.6 Å². The maximum absolute atomic E-state index is 6.61. The maximum atomic E-state index is 6.61. The van der Waals surface area contributed by atoms with Gasteiger partial charge in [-0.05, 0) is 22.4 Å². The van der Waals surface area contributed by atoms with E-state index < -0.39 is 0 Å². The molecule has 0 spiro atoms. The average Bonchev–Trinajstić information content (AvgIpc) is 3.61. The lowest BCUT2D eigenvalue weighted by Crippen LogP contribution is -2.00. The summed E-state index contributed by atoms with van der Waals surface area (Å²) >= 11 is 0. The van der Waals surface area contributed by atoms with Crippen molar-refractivity contribution in [2.24, 2.45) is 0 Å². The molecular formula is C46H28N4O. The topological polar surface area (TPSA) is 64.7 Å². The van der Waals surface area contributed by atoms with E-state index in [4.69, 9.17) is 24.4 Å². The molecule has 0 saturated heterocycles. The molecule has 0 radical (unpaired) electrons. The van der Waals surface area contributed by atoms with E-state index in [0.29, 0.717) is 17.5 Å². The third kappa shape index (κ3) is 4.94. The summed E-state index contributed by atoms with van der Waals surface area (Å²) in [6, 6.07) is 58.0. The number of pyridine rings is 1. The molecule has 238 valence electrons. The number of nitrogens with zero attached hydrogens (tertiary/aromatic N) is 4. The molecule has 0 aliphatic rings. The molecule has 0 fully saturated rings. The number of aromatic nitrogens is 4. The van der Waals surface area contributed by atoms with Crippen LogP contribution in [0, 0.1) is 0 Å². The summed E-state index contributed by atoms with van der Waals surface area (Å²) in [5.74, 6) is 1.90. The Kier molecular flexibility index (Phi) is 6.74. The van der Waals surface area contributed by atoms with Gasteiger partial charge in [0.05, 0.1) is 5.52 Å². The summed E-state index contributed by atoms with van der Waals surface area (Å²) < 4.78 is 6.61. The Labute approximate surface area is 293 Å². The Balaban J connectivity index is 1.16. The molecular weight excluding hydrogens is 625 g/mol. The van der Waals surface area contributed by atoms with E-state index in [0.717, 1.165) is 82.7 Å². The Morgan fingerprint density at radius 3 is 1.57 bits per heavy atom. The fourth-order valence-corrected chi connectivity index (χ4v) is 7.09. The molecule has 0 amide bonds. The number of hydrogen-bond acceptors (Lipinski definition) is 5. The quantitative estimate of drug-likeness (QED) is 0.185. The highest BCUT2D eigenvalue weighted by molar-refractivity contribution is 6.23. The predicted molar refractivity (Wildman–Crippen MR) is 207 cm³/mol. The number of benzene rings is 7. The van der Waals surface area contributed by atoms with Crippen LogP contribution in [0.15, 0.2) is 174 Å². The molecule has 0 N–H and O–H groups in total. The van der Waals surface area contributed by atoms with Crippen LogP contribution in [-0.4, -0.2) is 19.9 Å². The Hall–Kier alpha value is -6.98. The van der Waals surface area contributed by atoms with Crippen LogP contribution in [0.1, 0.15) is 0 Å². The van der Waals surface area contributed by atoms with Gasteiger partial charge < -0.3 is 4.42 Å². The van der Waals surface area contributed by atoms with E-state index in [1.807, 2.05) is 72.8 Å². The van der Waals surface area contributed by atoms with E-state index >= 15 is 0 Å². The van der Waals surface area contributed by atoms with Crippen LogP contribution >= 0.6 is 0 Å². The molecule has 0 atom stereocenters. The molecule has 10 rings (SSSR count). The molecule has 51 heavy (non-hydrogen) atoms. The lowest BCUT2D eigenvalue weighted by Gasteiger charge is -2.12. The number of para-hydroxylation sites is 2. The van der Waals surface area contributed by atoms with Crippen molar-refractivity contribution in [2.45, 2.75) is 0 Å². The highest BCUT2D eigenvalue weighted by Crippen LogP contribution is 2.43. The van der Waals surface area contributed by atoms with Crippen molar-refractivity contribution in [1.82, 2.24) is 19.9 Å². The van der Waals surface area contributed by atoms with E-state index in [1.54, 1.807) is 0 Å². The molecule has 0 aliphatic heterocycles. The van der Waals surface area contributed by atoms with E-state index in [-0.39, 0.29) is 0 Å². The minimum Gasteiger partial charge on any atom is -0.454 e. The zero-order valence-electron chi connectivity index (χ0n) is 27.4. The van der Waals surface area contributed by atoms with Gasteiger partial charge in [0.15, 0.2) is 23.1 Å². The third-order valence-corrected chi connectivity index (χ3v) is 9.54. The van der Waals surface area contributed by atoms with Gasteiger partial charge in [0.2, 0.25) is 0 Å². The van der Waals surface area contributed by atoms with Gasteiger partial charge in [0.1, 0.15) is 11.3 Å². The molecule has 0 bridgehead atoms. The van der Waals surface area contributed by atoms with E-state index in [9.17, 15) is 0 Å². The third-order valence-electron chi connectivity index (χ3n) is 9.54. The fraction of sp³-hybridized carbons (Fsp3) is 0. The number of rotatable bonds is 5. The second kappa shape index (κ2) is 11.9. The second-order valence-corrected chi connectivity index (χ2v) is 12.6. The predicted octanol–water partition coefficient (Wildman–Crippen LogP) is 11.8. The standard InChI is InChI=1S/C46H28N4O/c1-3-14-31(15-4-1)44-48-45(32-16-5-2-6-17-32)50-46(49-44)33-27-25-30(26-28-33)35-21-12-23-38-40-37-20-9-10-24-39(37)51-43(40)42(47-41(35)38)36-22-11-18-29-13-7-8-19-34(29)36/h1-28H. The van der Waals surface area contributed by atoms with E-state index in [1.165, 1.54) is 0 Å². The first-order valence-electron chi connectivity index (χ1n) is 17.0. The first-order valence-corrected chi connectivity index (χ1v) is 17.0. The van der Waals surface area contributed by atoms with Crippen LogP contribution in [0.3, 0.4) is 0 Å². The van der Waals surface area contributed by atoms with Gasteiger partial charge >= 0.3 is 0 Å². The molecule has 3 aromatic heterocycles. The van der Waals surface area contributed by atoms with Crippen molar-refractivity contribution in [1.29, 1.82) is 0 Å². The van der Waals surface area contributed by atoms with Gasteiger partial charge in [-0.2, -0.15) is 0 Å². The van der Waals surface area contributed by atoms with Crippen LogP contribution in [0.4, 0.5) is 0 Å². The highest BCUT2D eigenvalue weighted by atomic mass is 16.3. The molecule has 10 aromatic rings. The zero-order chi connectivity index (χ0) is 33.7. The van der Waals surface area contributed by atoms with Gasteiger partial charge in [0.25, 0.3) is 0 Å². The summed E-state index contributed by atoms with van der Waals surface area (Å²) in [7, 11) is 0. The average molecular weight is 653 g/mol. The molecule has 0 aliphatic carbocycles. The minimum atomic E-state index is 0.620. The summed E-state index contributed by atoms with van der Waals surface area (Å²) in [5, 5.41) is 5.50. The molecule has 3 heterocycles. The Morgan fingerprint density at radius 1 is 0.353 bits per heavy atom. The molecule has 5 nitrogen and oxygen atoms in total. The summed E-state index contributed by atoms with van der Waals surface area (Å²) in [5.41, 5.74) is 9.32. The second-order valence-electron chi connectivity index (χ2n) is 12.6. The largest absolute Gasteiger partial charge is 0.454 e. The van der Waals surface area contributed by atoms with Crippen molar-refractivity contribution < 1.29 is 4.42 Å². The molecule has 0 saturated carbocycles. The SMILES string of the molecule is c1ccc(-c2nc(-c3ccccc3)nc(-c3ccc(-c4cccc5c4nc(-c4cccc6ccccc46)c4oc6ccccc6c45)cc3)n2)cc1. The van der Waals surface area contributed by atoms with Crippen LogP contribution in [0.2, 0.25) is 0 Å². The lowest BCUT2D eigenvalue weighted by atomic mass is 9.95. The zero-order valence-corrected chi connectivity index (χ0v) is 27.4. The van der Waals surface area contributed by atoms with E-state index in [2.05, 4.69) is 97.1 Å². The van der Waals surface area contributed by atoms with Gasteiger partial charge in [-0.1, -0.05) is 164 Å². The van der Waals surface area contributed by atoms with Crippen molar-refractivity contribution in [3.63, 3.8) is 0 Å². The summed E-state index contributed by atoms with van der Waals surface area (Å²) in [4.78, 5) is 20.2. The molecule has 7 aromatic carbocycles. The number of hydrogen-bond donors (Lipinski definition) is 0. The summed E-state index contributed by atoms with van der Waals surface area (Å²) in [6.07, 6.45) is 0. The molecule has 5 heteroatoms. The van der Waals surface area contributed by atoms with Crippen LogP contribution in [0.25, 0.3) is 100 Å². The van der Waals surface area contributed by atoms with Gasteiger partial charge in [-0.15, -0.1) is 0 Å². The van der Waals surface area contributed by atoms with Crippen LogP contribution < -0.4 is 0 Å². The maximum Gasteiger partial charge on any atom is 0.164 e. The fourth-order valence-electron chi connectivity index (χ4n) is 7.09. The van der Waals surface area contributed by atoms with Crippen molar-refractivity contribution in [2.75, 3.05) is 0 Å². The normalized spacial score (nSPS) is 11.5. The summed E-state index contributed by atoms with van der Waals surface area (Å²) in [6.45, 7) is 0. The van der Waals surface area contributed by atoms with Gasteiger partial charge in [-0.3, -0.25) is 0 Å². The first kappa shape index (κ1) is 29.0. The Bertz CT molecular complexity index is 2840. The van der Waals surface area contributed by atoms with Crippen molar-refractivity contribution in [3.8, 4) is 56.5 Å². The highest BCUT2D eigenvalue weighted by Gasteiger charge is 2.21.